The number of esters is 1. The van der Waals surface area contributed by atoms with E-state index in [-0.39, 0.29) is 24.9 Å². The van der Waals surface area contributed by atoms with Crippen LogP contribution in [0.5, 0.6) is 0 Å². The van der Waals surface area contributed by atoms with Crippen molar-refractivity contribution >= 4 is 17.6 Å². The first-order valence-corrected chi connectivity index (χ1v) is 5.97. The number of carbonyl (C=O) groups excluding carboxylic acids is 1. The van der Waals surface area contributed by atoms with Gasteiger partial charge in [-0.25, -0.2) is 0 Å². The van der Waals surface area contributed by atoms with Gasteiger partial charge in [-0.15, -0.1) is 0 Å². The third-order valence-electron chi connectivity index (χ3n) is 2.43. The predicted octanol–water partition coefficient (Wildman–Crippen LogP) is 3.69. The van der Waals surface area contributed by atoms with Crippen LogP contribution in [-0.2, 0) is 9.53 Å². The van der Waals surface area contributed by atoms with Crippen LogP contribution in [0.25, 0.3) is 10.4 Å². The number of carbonyl (C=O) groups is 1. The summed E-state index contributed by atoms with van der Waals surface area (Å²) in [6, 6.07) is 7.12. The number of benzene rings is 1. The highest BCUT2D eigenvalue weighted by atomic mass is 35.5. The van der Waals surface area contributed by atoms with Gasteiger partial charge in [-0.05, 0) is 36.1 Å². The van der Waals surface area contributed by atoms with Gasteiger partial charge < -0.3 is 4.74 Å². The van der Waals surface area contributed by atoms with E-state index in [9.17, 15) is 4.79 Å². The fourth-order valence-electron chi connectivity index (χ4n) is 1.58. The smallest absolute Gasteiger partial charge is 0.306 e. The van der Waals surface area contributed by atoms with Crippen molar-refractivity contribution in [2.24, 2.45) is 5.11 Å². The van der Waals surface area contributed by atoms with E-state index in [1.54, 1.807) is 19.1 Å². The molecule has 0 aromatic heterocycles. The second-order valence-electron chi connectivity index (χ2n) is 3.67. The van der Waals surface area contributed by atoms with Gasteiger partial charge in [0, 0.05) is 16.5 Å². The fourth-order valence-corrected chi connectivity index (χ4v) is 1.70. The Morgan fingerprint density at radius 2 is 2.17 bits per heavy atom. The zero-order valence-corrected chi connectivity index (χ0v) is 10.8. The van der Waals surface area contributed by atoms with Crippen molar-refractivity contribution in [3.63, 3.8) is 0 Å². The van der Waals surface area contributed by atoms with Crippen LogP contribution >= 0.6 is 11.6 Å². The van der Waals surface area contributed by atoms with E-state index in [2.05, 4.69) is 10.0 Å². The normalized spacial score (nSPS) is 11.4. The molecule has 0 amide bonds. The molecule has 6 heteroatoms. The summed E-state index contributed by atoms with van der Waals surface area (Å²) in [6.45, 7) is 2.31. The Kier molecular flexibility index (Phi) is 6.05. The van der Waals surface area contributed by atoms with Gasteiger partial charge in [-0.2, -0.15) is 0 Å². The average molecular weight is 268 g/mol. The molecule has 5 nitrogen and oxygen atoms in total. The van der Waals surface area contributed by atoms with Gasteiger partial charge in [0.2, 0.25) is 0 Å². The van der Waals surface area contributed by atoms with Gasteiger partial charge >= 0.3 is 5.97 Å². The van der Waals surface area contributed by atoms with Crippen LogP contribution in [0.2, 0.25) is 5.02 Å². The van der Waals surface area contributed by atoms with Crippen LogP contribution in [0.4, 0.5) is 0 Å². The molecular weight excluding hydrogens is 254 g/mol. The highest BCUT2D eigenvalue weighted by Gasteiger charge is 2.16. The topological polar surface area (TPSA) is 75.1 Å². The minimum Gasteiger partial charge on any atom is -0.466 e. The minimum atomic E-state index is -0.300. The van der Waals surface area contributed by atoms with Crippen molar-refractivity contribution in [1.82, 2.24) is 0 Å². The Hall–Kier alpha value is -1.71. The van der Waals surface area contributed by atoms with Crippen LogP contribution in [0, 0.1) is 0 Å². The molecule has 0 N–H and O–H groups in total. The van der Waals surface area contributed by atoms with Crippen molar-refractivity contribution in [2.45, 2.75) is 19.3 Å². The van der Waals surface area contributed by atoms with Crippen molar-refractivity contribution in [3.8, 4) is 0 Å². The minimum absolute atomic E-state index is 0.183. The maximum Gasteiger partial charge on any atom is 0.306 e. The number of rotatable bonds is 6. The van der Waals surface area contributed by atoms with Crippen molar-refractivity contribution in [2.75, 3.05) is 13.2 Å². The molecular formula is C12H14ClN3O2. The Morgan fingerprint density at radius 3 is 2.72 bits per heavy atom. The average Bonchev–Trinajstić information content (AvgIpc) is 2.36. The SMILES string of the molecule is CCOC(=O)CC(CN=[N+]=[N-])c1ccc(Cl)cc1. The molecule has 0 aliphatic heterocycles. The molecule has 18 heavy (non-hydrogen) atoms. The molecule has 0 bridgehead atoms. The summed E-state index contributed by atoms with van der Waals surface area (Å²) in [5.74, 6) is -0.484. The van der Waals surface area contributed by atoms with Gasteiger partial charge in [-0.3, -0.25) is 4.79 Å². The monoisotopic (exact) mass is 267 g/mol. The number of hydrogen-bond donors (Lipinski definition) is 0. The van der Waals surface area contributed by atoms with Gasteiger partial charge in [-0.1, -0.05) is 28.8 Å². The number of azide groups is 1. The molecule has 0 aliphatic carbocycles. The molecule has 1 aromatic carbocycles. The number of halogens is 1. The third-order valence-corrected chi connectivity index (χ3v) is 2.68. The number of nitrogens with zero attached hydrogens (tertiary/aromatic N) is 3. The Labute approximate surface area is 110 Å². The molecule has 0 radical (unpaired) electrons. The van der Waals surface area contributed by atoms with Crippen LogP contribution in [0.15, 0.2) is 29.4 Å². The second-order valence-corrected chi connectivity index (χ2v) is 4.11. The zero-order valence-electron chi connectivity index (χ0n) is 10.0. The van der Waals surface area contributed by atoms with E-state index in [1.807, 2.05) is 12.1 Å². The quantitative estimate of drug-likeness (QED) is 0.341. The summed E-state index contributed by atoms with van der Waals surface area (Å²) >= 11 is 5.80. The van der Waals surface area contributed by atoms with E-state index in [0.29, 0.717) is 11.6 Å². The zero-order chi connectivity index (χ0) is 13.4. The second kappa shape index (κ2) is 7.58. The Morgan fingerprint density at radius 1 is 1.50 bits per heavy atom. The molecule has 1 atom stereocenters. The first-order chi connectivity index (χ1) is 8.67. The van der Waals surface area contributed by atoms with E-state index >= 15 is 0 Å². The summed E-state index contributed by atoms with van der Waals surface area (Å²) in [4.78, 5) is 14.2. The number of hydrogen-bond acceptors (Lipinski definition) is 3. The van der Waals surface area contributed by atoms with Crippen LogP contribution in [-0.4, -0.2) is 19.1 Å². The molecule has 0 saturated heterocycles. The summed E-state index contributed by atoms with van der Waals surface area (Å²) in [6.07, 6.45) is 0.189. The van der Waals surface area contributed by atoms with E-state index in [1.165, 1.54) is 0 Å². The van der Waals surface area contributed by atoms with E-state index in [4.69, 9.17) is 21.9 Å². The molecule has 0 aliphatic rings. The highest BCUT2D eigenvalue weighted by molar-refractivity contribution is 6.30. The third kappa shape index (κ3) is 4.65. The first kappa shape index (κ1) is 14.4. The lowest BCUT2D eigenvalue weighted by Crippen LogP contribution is -2.12. The summed E-state index contributed by atoms with van der Waals surface area (Å²) in [5.41, 5.74) is 9.27. The first-order valence-electron chi connectivity index (χ1n) is 5.59. The molecule has 96 valence electrons. The lowest BCUT2D eigenvalue weighted by Gasteiger charge is -2.14. The van der Waals surface area contributed by atoms with Crippen LogP contribution in [0.1, 0.15) is 24.8 Å². The summed E-state index contributed by atoms with van der Waals surface area (Å²) < 4.78 is 4.90. The predicted molar refractivity (Wildman–Crippen MR) is 69.5 cm³/mol. The molecule has 0 spiro atoms. The van der Waals surface area contributed by atoms with Crippen molar-refractivity contribution < 1.29 is 9.53 Å². The van der Waals surface area contributed by atoms with E-state index < -0.39 is 0 Å². The molecule has 1 rings (SSSR count). The van der Waals surface area contributed by atoms with Crippen LogP contribution < -0.4 is 0 Å². The molecule has 0 saturated carbocycles. The highest BCUT2D eigenvalue weighted by Crippen LogP contribution is 2.22. The molecule has 1 unspecified atom stereocenters. The van der Waals surface area contributed by atoms with Crippen molar-refractivity contribution in [1.29, 1.82) is 0 Å². The van der Waals surface area contributed by atoms with Crippen LogP contribution in [0.3, 0.4) is 0 Å². The molecule has 0 fully saturated rings. The maximum atomic E-state index is 11.5. The molecule has 0 heterocycles. The van der Waals surface area contributed by atoms with Gasteiger partial charge in [0.1, 0.15) is 0 Å². The number of ether oxygens (including phenoxy) is 1. The lowest BCUT2D eigenvalue weighted by atomic mass is 9.96. The maximum absolute atomic E-state index is 11.5. The summed E-state index contributed by atoms with van der Waals surface area (Å²) in [5, 5.41) is 4.15. The van der Waals surface area contributed by atoms with Gasteiger partial charge in [0.05, 0.1) is 13.0 Å². The summed E-state index contributed by atoms with van der Waals surface area (Å²) in [7, 11) is 0. The van der Waals surface area contributed by atoms with Gasteiger partial charge in [0.25, 0.3) is 0 Å². The standard InChI is InChI=1S/C12H14ClN3O2/c1-2-18-12(17)7-10(8-15-16-14)9-3-5-11(13)6-4-9/h3-6,10H,2,7-8H2,1H3. The van der Waals surface area contributed by atoms with Gasteiger partial charge in [0.15, 0.2) is 0 Å². The molecule has 1 aromatic rings. The Balaban J connectivity index is 2.80. The van der Waals surface area contributed by atoms with Crippen molar-refractivity contribution in [3.05, 3.63) is 45.3 Å². The Bertz CT molecular complexity index is 441. The lowest BCUT2D eigenvalue weighted by molar-refractivity contribution is -0.143. The largest absolute Gasteiger partial charge is 0.466 e. The fraction of sp³-hybridized carbons (Fsp3) is 0.417. The van der Waals surface area contributed by atoms with E-state index in [0.717, 1.165) is 5.56 Å².